The molecule has 0 saturated carbocycles. The summed E-state index contributed by atoms with van der Waals surface area (Å²) in [7, 11) is 0. The van der Waals surface area contributed by atoms with Gasteiger partial charge in [-0.3, -0.25) is 4.79 Å². The van der Waals surface area contributed by atoms with Crippen LogP contribution in [-0.2, 0) is 4.79 Å². The highest BCUT2D eigenvalue weighted by molar-refractivity contribution is 6.30. The highest BCUT2D eigenvalue weighted by Gasteiger charge is 2.16. The van der Waals surface area contributed by atoms with Gasteiger partial charge in [0.15, 0.2) is 0 Å². The predicted molar refractivity (Wildman–Crippen MR) is 75.1 cm³/mol. The van der Waals surface area contributed by atoms with Crippen LogP contribution in [0.2, 0.25) is 5.02 Å². The molecule has 1 amide bonds. The summed E-state index contributed by atoms with van der Waals surface area (Å²) in [4.78, 5) is 13.9. The predicted octanol–water partition coefficient (Wildman–Crippen LogP) is 2.64. The number of amides is 1. The molecule has 0 unspecified atom stereocenters. The Morgan fingerprint density at radius 2 is 2.11 bits per heavy atom. The van der Waals surface area contributed by atoms with Crippen LogP contribution in [0.1, 0.15) is 24.8 Å². The molecule has 0 aromatic heterocycles. The van der Waals surface area contributed by atoms with E-state index >= 15 is 0 Å². The minimum Gasteiger partial charge on any atom is -0.375 e. The first kappa shape index (κ1) is 13.7. The molecule has 1 aliphatic rings. The zero-order chi connectivity index (χ0) is 13.7. The molecule has 1 heterocycles. The van der Waals surface area contributed by atoms with Gasteiger partial charge in [0.2, 0.25) is 5.91 Å². The maximum absolute atomic E-state index is 12.0. The molecule has 100 valence electrons. The molecular formula is C14H16ClN3O. The van der Waals surface area contributed by atoms with E-state index in [1.807, 2.05) is 4.90 Å². The molecule has 2 rings (SSSR count). The maximum Gasteiger partial charge on any atom is 0.241 e. The number of anilines is 1. The molecule has 1 aromatic carbocycles. The van der Waals surface area contributed by atoms with Gasteiger partial charge in [-0.1, -0.05) is 11.6 Å². The number of carbonyl (C=O) groups excluding carboxylic acids is 1. The number of carbonyl (C=O) groups is 1. The molecule has 1 aromatic rings. The van der Waals surface area contributed by atoms with Crippen LogP contribution in [-0.4, -0.2) is 30.4 Å². The highest BCUT2D eigenvalue weighted by atomic mass is 35.5. The van der Waals surface area contributed by atoms with Crippen LogP contribution in [0.3, 0.4) is 0 Å². The van der Waals surface area contributed by atoms with E-state index in [9.17, 15) is 4.79 Å². The second kappa shape index (κ2) is 6.44. The van der Waals surface area contributed by atoms with Gasteiger partial charge in [-0.2, -0.15) is 5.26 Å². The average Bonchev–Trinajstić information content (AvgIpc) is 2.46. The van der Waals surface area contributed by atoms with Gasteiger partial charge in [0.1, 0.15) is 6.07 Å². The number of benzene rings is 1. The number of nitrogens with zero attached hydrogens (tertiary/aromatic N) is 2. The molecule has 19 heavy (non-hydrogen) atoms. The first-order valence-electron chi connectivity index (χ1n) is 6.42. The first-order chi connectivity index (χ1) is 9.20. The fourth-order valence-electron chi connectivity index (χ4n) is 2.19. The lowest BCUT2D eigenvalue weighted by Crippen LogP contribution is -2.39. The van der Waals surface area contributed by atoms with Gasteiger partial charge < -0.3 is 10.2 Å². The summed E-state index contributed by atoms with van der Waals surface area (Å²) in [6.45, 7) is 1.90. The van der Waals surface area contributed by atoms with Crippen LogP contribution in [0.5, 0.6) is 0 Å². The number of nitriles is 1. The molecule has 0 atom stereocenters. The Morgan fingerprint density at radius 1 is 1.37 bits per heavy atom. The van der Waals surface area contributed by atoms with Gasteiger partial charge in [0.25, 0.3) is 0 Å². The summed E-state index contributed by atoms with van der Waals surface area (Å²) in [5, 5.41) is 12.5. The lowest BCUT2D eigenvalue weighted by molar-refractivity contribution is -0.130. The number of likely N-dealkylation sites (tertiary alicyclic amines) is 1. The molecule has 1 saturated heterocycles. The molecular weight excluding hydrogens is 262 g/mol. The Hall–Kier alpha value is -1.73. The van der Waals surface area contributed by atoms with Crippen molar-refractivity contribution in [3.05, 3.63) is 28.8 Å². The topological polar surface area (TPSA) is 56.1 Å². The Bertz CT molecular complexity index is 504. The number of rotatable bonds is 3. The van der Waals surface area contributed by atoms with Crippen molar-refractivity contribution in [2.24, 2.45) is 0 Å². The standard InChI is InChI=1S/C14H16ClN3O/c15-12-4-5-13(11(8-12)9-16)17-10-14(19)18-6-2-1-3-7-18/h4-5,8,17H,1-3,6-7,10H2. The number of halogens is 1. The minimum absolute atomic E-state index is 0.0820. The Kier molecular flexibility index (Phi) is 4.64. The Morgan fingerprint density at radius 3 is 2.79 bits per heavy atom. The molecule has 5 heteroatoms. The zero-order valence-corrected chi connectivity index (χ0v) is 11.4. The Balaban J connectivity index is 1.95. The van der Waals surface area contributed by atoms with E-state index in [0.29, 0.717) is 16.3 Å². The van der Waals surface area contributed by atoms with Gasteiger partial charge >= 0.3 is 0 Å². The Labute approximate surface area is 118 Å². The molecule has 1 N–H and O–H groups in total. The van der Waals surface area contributed by atoms with Crippen molar-refractivity contribution in [1.82, 2.24) is 4.90 Å². The van der Waals surface area contributed by atoms with Gasteiger partial charge in [-0.05, 0) is 37.5 Å². The molecule has 4 nitrogen and oxygen atoms in total. The molecule has 0 aliphatic carbocycles. The van der Waals surface area contributed by atoms with Gasteiger partial charge in [-0.15, -0.1) is 0 Å². The summed E-state index contributed by atoms with van der Waals surface area (Å²) >= 11 is 5.83. The van der Waals surface area contributed by atoms with E-state index in [0.717, 1.165) is 25.9 Å². The monoisotopic (exact) mass is 277 g/mol. The van der Waals surface area contributed by atoms with Gasteiger partial charge in [0.05, 0.1) is 17.8 Å². The number of nitrogens with one attached hydrogen (secondary N) is 1. The molecule has 1 aliphatic heterocycles. The smallest absolute Gasteiger partial charge is 0.241 e. The van der Waals surface area contributed by atoms with Crippen LogP contribution >= 0.6 is 11.6 Å². The van der Waals surface area contributed by atoms with Crippen LogP contribution in [0.15, 0.2) is 18.2 Å². The largest absolute Gasteiger partial charge is 0.375 e. The van der Waals surface area contributed by atoms with Crippen LogP contribution < -0.4 is 5.32 Å². The number of piperidine rings is 1. The van der Waals surface area contributed by atoms with Crippen molar-refractivity contribution in [1.29, 1.82) is 5.26 Å². The summed E-state index contributed by atoms with van der Waals surface area (Å²) in [6, 6.07) is 7.09. The second-order valence-corrected chi connectivity index (χ2v) is 5.03. The van der Waals surface area contributed by atoms with E-state index in [1.165, 1.54) is 6.42 Å². The highest BCUT2D eigenvalue weighted by Crippen LogP contribution is 2.19. The normalized spacial score (nSPS) is 14.8. The van der Waals surface area contributed by atoms with Crippen LogP contribution in [0.4, 0.5) is 5.69 Å². The fraction of sp³-hybridized carbons (Fsp3) is 0.429. The first-order valence-corrected chi connectivity index (χ1v) is 6.80. The lowest BCUT2D eigenvalue weighted by Gasteiger charge is -2.27. The van der Waals surface area contributed by atoms with Gasteiger partial charge in [-0.25, -0.2) is 0 Å². The SMILES string of the molecule is N#Cc1cc(Cl)ccc1NCC(=O)N1CCCCC1. The van der Waals surface area contributed by atoms with E-state index in [2.05, 4.69) is 11.4 Å². The summed E-state index contributed by atoms with van der Waals surface area (Å²) in [5.41, 5.74) is 1.11. The van der Waals surface area contributed by atoms with E-state index in [-0.39, 0.29) is 12.5 Å². The van der Waals surface area contributed by atoms with E-state index < -0.39 is 0 Å². The van der Waals surface area contributed by atoms with Crippen molar-refractivity contribution in [3.8, 4) is 6.07 Å². The number of hydrogen-bond acceptors (Lipinski definition) is 3. The van der Waals surface area contributed by atoms with Crippen molar-refractivity contribution in [2.75, 3.05) is 25.0 Å². The maximum atomic E-state index is 12.0. The summed E-state index contributed by atoms with van der Waals surface area (Å²) in [5.74, 6) is 0.0820. The molecule has 0 bridgehead atoms. The van der Waals surface area contributed by atoms with Gasteiger partial charge in [0, 0.05) is 18.1 Å². The van der Waals surface area contributed by atoms with Crippen LogP contribution in [0, 0.1) is 11.3 Å². The summed E-state index contributed by atoms with van der Waals surface area (Å²) < 4.78 is 0. The van der Waals surface area contributed by atoms with Crippen molar-refractivity contribution in [3.63, 3.8) is 0 Å². The van der Waals surface area contributed by atoms with E-state index in [1.54, 1.807) is 18.2 Å². The third-order valence-electron chi connectivity index (χ3n) is 3.24. The van der Waals surface area contributed by atoms with E-state index in [4.69, 9.17) is 16.9 Å². The fourth-order valence-corrected chi connectivity index (χ4v) is 2.36. The molecule has 0 spiro atoms. The number of hydrogen-bond donors (Lipinski definition) is 1. The molecule has 0 radical (unpaired) electrons. The van der Waals surface area contributed by atoms with Crippen molar-refractivity contribution in [2.45, 2.75) is 19.3 Å². The third-order valence-corrected chi connectivity index (χ3v) is 3.48. The third kappa shape index (κ3) is 3.62. The zero-order valence-electron chi connectivity index (χ0n) is 10.7. The quantitative estimate of drug-likeness (QED) is 0.924. The van der Waals surface area contributed by atoms with Crippen LogP contribution in [0.25, 0.3) is 0 Å². The second-order valence-electron chi connectivity index (χ2n) is 4.60. The lowest BCUT2D eigenvalue weighted by atomic mass is 10.1. The minimum atomic E-state index is 0.0820. The molecule has 1 fully saturated rings. The van der Waals surface area contributed by atoms with Crippen molar-refractivity contribution >= 4 is 23.2 Å². The summed E-state index contributed by atoms with van der Waals surface area (Å²) in [6.07, 6.45) is 3.36. The average molecular weight is 278 g/mol. The van der Waals surface area contributed by atoms with Crippen molar-refractivity contribution < 1.29 is 4.79 Å².